The lowest BCUT2D eigenvalue weighted by atomic mass is 9.96. The van der Waals surface area contributed by atoms with E-state index in [0.717, 1.165) is 19.3 Å². The number of carbonyl (C=O) groups is 2. The van der Waals surface area contributed by atoms with Crippen molar-refractivity contribution in [3.05, 3.63) is 35.1 Å². The van der Waals surface area contributed by atoms with Crippen LogP contribution in [0.5, 0.6) is 11.5 Å². The average molecular weight is 375 g/mol. The number of ketones is 1. The Morgan fingerprint density at radius 3 is 2.44 bits per heavy atom. The molecule has 1 aliphatic heterocycles. The summed E-state index contributed by atoms with van der Waals surface area (Å²) in [7, 11) is 1.44. The van der Waals surface area contributed by atoms with E-state index in [-0.39, 0.29) is 22.9 Å². The van der Waals surface area contributed by atoms with E-state index in [1.54, 1.807) is 12.1 Å². The Bertz CT molecular complexity index is 725. The molecule has 1 aliphatic rings. The SMILES string of the molecule is CCCCCCCCN1C(=O)C(O)=C(C(C)=O)[C@@H]1c1ccc(O)c(OC)c1. The van der Waals surface area contributed by atoms with Crippen molar-refractivity contribution in [2.24, 2.45) is 0 Å². The maximum Gasteiger partial charge on any atom is 0.290 e. The lowest BCUT2D eigenvalue weighted by molar-refractivity contribution is -0.129. The molecule has 6 nitrogen and oxygen atoms in total. The summed E-state index contributed by atoms with van der Waals surface area (Å²) in [5.74, 6) is -1.11. The largest absolute Gasteiger partial charge is 0.504 e. The summed E-state index contributed by atoms with van der Waals surface area (Å²) in [6.45, 7) is 3.97. The number of methoxy groups -OCH3 is 1. The molecule has 1 aromatic rings. The molecule has 1 heterocycles. The first kappa shape index (κ1) is 20.8. The fraction of sp³-hybridized carbons (Fsp3) is 0.524. The van der Waals surface area contributed by atoms with Crippen LogP contribution in [0.1, 0.15) is 64.0 Å². The van der Waals surface area contributed by atoms with E-state index in [2.05, 4.69) is 6.92 Å². The van der Waals surface area contributed by atoms with Gasteiger partial charge in [-0.1, -0.05) is 45.1 Å². The number of benzene rings is 1. The Hall–Kier alpha value is -2.50. The second kappa shape index (κ2) is 9.44. The first-order chi connectivity index (χ1) is 12.9. The highest BCUT2D eigenvalue weighted by Crippen LogP contribution is 2.40. The van der Waals surface area contributed by atoms with E-state index < -0.39 is 17.7 Å². The molecule has 0 unspecified atom stereocenters. The minimum Gasteiger partial charge on any atom is -0.504 e. The fourth-order valence-corrected chi connectivity index (χ4v) is 3.52. The summed E-state index contributed by atoms with van der Waals surface area (Å²) in [6.07, 6.45) is 6.45. The molecule has 1 atom stereocenters. The van der Waals surface area contributed by atoms with Crippen molar-refractivity contribution >= 4 is 11.7 Å². The zero-order valence-electron chi connectivity index (χ0n) is 16.3. The molecular weight excluding hydrogens is 346 g/mol. The first-order valence-electron chi connectivity index (χ1n) is 9.54. The number of carbonyl (C=O) groups excluding carboxylic acids is 2. The maximum atomic E-state index is 12.6. The van der Waals surface area contributed by atoms with E-state index in [9.17, 15) is 19.8 Å². The molecule has 1 amide bonds. The molecule has 6 heteroatoms. The molecule has 0 saturated heterocycles. The number of amides is 1. The molecule has 0 bridgehead atoms. The average Bonchev–Trinajstić information content (AvgIpc) is 2.90. The molecule has 0 aliphatic carbocycles. The highest BCUT2D eigenvalue weighted by atomic mass is 16.5. The number of Topliss-reactive ketones (excluding diaryl/α,β-unsaturated/α-hetero) is 1. The molecule has 27 heavy (non-hydrogen) atoms. The van der Waals surface area contributed by atoms with Crippen LogP contribution in [0.2, 0.25) is 0 Å². The van der Waals surface area contributed by atoms with Gasteiger partial charge in [0, 0.05) is 6.54 Å². The molecule has 148 valence electrons. The van der Waals surface area contributed by atoms with Crippen LogP contribution in [0, 0.1) is 0 Å². The summed E-state index contributed by atoms with van der Waals surface area (Å²) in [5.41, 5.74) is 0.719. The Kier molecular flexibility index (Phi) is 7.28. The van der Waals surface area contributed by atoms with Crippen LogP contribution in [0.15, 0.2) is 29.5 Å². The van der Waals surface area contributed by atoms with Gasteiger partial charge in [-0.05, 0) is 31.0 Å². The lowest BCUT2D eigenvalue weighted by Gasteiger charge is -2.27. The Balaban J connectivity index is 2.24. The van der Waals surface area contributed by atoms with Gasteiger partial charge in [-0.15, -0.1) is 0 Å². The molecule has 0 spiro atoms. The highest BCUT2D eigenvalue weighted by Gasteiger charge is 2.42. The quantitative estimate of drug-likeness (QED) is 0.603. The summed E-state index contributed by atoms with van der Waals surface area (Å²) < 4.78 is 5.15. The number of rotatable bonds is 10. The Morgan fingerprint density at radius 2 is 1.81 bits per heavy atom. The fourth-order valence-electron chi connectivity index (χ4n) is 3.52. The maximum absolute atomic E-state index is 12.6. The summed E-state index contributed by atoms with van der Waals surface area (Å²) in [5, 5.41) is 20.1. The summed E-state index contributed by atoms with van der Waals surface area (Å²) >= 11 is 0. The number of aliphatic hydroxyl groups excluding tert-OH is 1. The van der Waals surface area contributed by atoms with Crippen LogP contribution < -0.4 is 4.74 Å². The normalized spacial score (nSPS) is 16.9. The number of aliphatic hydroxyl groups is 1. The van der Waals surface area contributed by atoms with Crippen molar-refractivity contribution in [2.75, 3.05) is 13.7 Å². The third-order valence-corrected chi connectivity index (χ3v) is 4.96. The van der Waals surface area contributed by atoms with Crippen LogP contribution in [-0.2, 0) is 9.59 Å². The zero-order chi connectivity index (χ0) is 20.0. The molecule has 2 N–H and O–H groups in total. The number of phenols is 1. The zero-order valence-corrected chi connectivity index (χ0v) is 16.3. The van der Waals surface area contributed by atoms with Gasteiger partial charge in [0.2, 0.25) is 0 Å². The van der Waals surface area contributed by atoms with Crippen LogP contribution in [0.3, 0.4) is 0 Å². The molecule has 0 fully saturated rings. The highest BCUT2D eigenvalue weighted by molar-refractivity contribution is 6.08. The molecule has 0 saturated carbocycles. The molecule has 0 aromatic heterocycles. The standard InChI is InChI=1S/C21H29NO5/c1-4-5-6-7-8-9-12-22-19(18(14(2)23)20(25)21(22)26)15-10-11-16(24)17(13-15)27-3/h10-11,13,19,24-25H,4-9,12H2,1-3H3/t19-/m0/s1. The third kappa shape index (κ3) is 4.62. The topological polar surface area (TPSA) is 87.1 Å². The number of ether oxygens (including phenoxy) is 1. The number of unbranched alkanes of at least 4 members (excludes halogenated alkanes) is 5. The predicted molar refractivity (Wildman–Crippen MR) is 103 cm³/mol. The van der Waals surface area contributed by atoms with Gasteiger partial charge in [-0.3, -0.25) is 9.59 Å². The van der Waals surface area contributed by atoms with Crippen LogP contribution in [0.4, 0.5) is 0 Å². The van der Waals surface area contributed by atoms with E-state index in [4.69, 9.17) is 4.74 Å². The van der Waals surface area contributed by atoms with Crippen molar-refractivity contribution < 1.29 is 24.5 Å². The van der Waals surface area contributed by atoms with E-state index in [0.29, 0.717) is 12.1 Å². The van der Waals surface area contributed by atoms with Crippen LogP contribution in [0.25, 0.3) is 0 Å². The van der Waals surface area contributed by atoms with Gasteiger partial charge in [-0.25, -0.2) is 0 Å². The monoisotopic (exact) mass is 375 g/mol. The van der Waals surface area contributed by atoms with Crippen LogP contribution in [-0.4, -0.2) is 40.5 Å². The summed E-state index contributed by atoms with van der Waals surface area (Å²) in [4.78, 5) is 26.2. The smallest absolute Gasteiger partial charge is 0.290 e. The predicted octanol–water partition coefficient (Wildman–Crippen LogP) is 4.05. The molecule has 0 radical (unpaired) electrons. The second-order valence-electron chi connectivity index (χ2n) is 6.92. The van der Waals surface area contributed by atoms with Crippen LogP contribution >= 0.6 is 0 Å². The lowest BCUT2D eigenvalue weighted by Crippen LogP contribution is -2.32. The number of phenolic OH excluding ortho intramolecular Hbond substituents is 1. The van der Waals surface area contributed by atoms with Crippen molar-refractivity contribution in [3.63, 3.8) is 0 Å². The van der Waals surface area contributed by atoms with E-state index in [1.807, 2.05) is 0 Å². The number of hydrogen-bond acceptors (Lipinski definition) is 5. The van der Waals surface area contributed by atoms with Gasteiger partial charge in [-0.2, -0.15) is 0 Å². The van der Waals surface area contributed by atoms with Gasteiger partial charge >= 0.3 is 0 Å². The van der Waals surface area contributed by atoms with Crippen molar-refractivity contribution in [1.82, 2.24) is 4.90 Å². The molecule has 1 aromatic carbocycles. The van der Waals surface area contributed by atoms with E-state index in [1.165, 1.54) is 44.3 Å². The first-order valence-corrected chi connectivity index (χ1v) is 9.54. The van der Waals surface area contributed by atoms with Gasteiger partial charge in [0.15, 0.2) is 23.0 Å². The molecule has 2 rings (SSSR count). The molecular formula is C21H29NO5. The van der Waals surface area contributed by atoms with Gasteiger partial charge in [0.05, 0.1) is 18.7 Å². The third-order valence-electron chi connectivity index (χ3n) is 4.96. The van der Waals surface area contributed by atoms with Gasteiger partial charge in [0.1, 0.15) is 0 Å². The minimum atomic E-state index is -0.667. The van der Waals surface area contributed by atoms with Gasteiger partial charge < -0.3 is 19.8 Å². The number of aromatic hydroxyl groups is 1. The van der Waals surface area contributed by atoms with Crippen molar-refractivity contribution in [1.29, 1.82) is 0 Å². The van der Waals surface area contributed by atoms with E-state index >= 15 is 0 Å². The second-order valence-corrected chi connectivity index (χ2v) is 6.92. The Morgan fingerprint density at radius 1 is 1.15 bits per heavy atom. The number of nitrogens with zero attached hydrogens (tertiary/aromatic N) is 1. The van der Waals surface area contributed by atoms with Crippen molar-refractivity contribution in [3.8, 4) is 11.5 Å². The van der Waals surface area contributed by atoms with Crippen molar-refractivity contribution in [2.45, 2.75) is 58.4 Å². The number of hydrogen-bond donors (Lipinski definition) is 2. The summed E-state index contributed by atoms with van der Waals surface area (Å²) in [6, 6.07) is 4.05. The Labute approximate surface area is 160 Å². The minimum absolute atomic E-state index is 0.0226. The van der Waals surface area contributed by atoms with Gasteiger partial charge in [0.25, 0.3) is 5.91 Å².